The van der Waals surface area contributed by atoms with Crippen molar-refractivity contribution in [3.8, 4) is 0 Å². The van der Waals surface area contributed by atoms with Crippen molar-refractivity contribution in [2.24, 2.45) is 0 Å². The van der Waals surface area contributed by atoms with Gasteiger partial charge < -0.3 is 24.5 Å². The lowest BCUT2D eigenvalue weighted by Crippen LogP contribution is -2.22. The molecule has 0 spiro atoms. The molecule has 3 rings (SSSR count). The van der Waals surface area contributed by atoms with Crippen molar-refractivity contribution in [1.82, 2.24) is 5.32 Å². The van der Waals surface area contributed by atoms with Crippen molar-refractivity contribution in [1.29, 1.82) is 0 Å². The number of anilines is 1. The quantitative estimate of drug-likeness (QED) is 0.476. The molecule has 2 heterocycles. The molecule has 0 atom stereocenters. The van der Waals surface area contributed by atoms with Crippen molar-refractivity contribution < 1.29 is 33.1 Å². The number of furan rings is 1. The first-order chi connectivity index (χ1) is 15.7. The van der Waals surface area contributed by atoms with E-state index in [1.54, 1.807) is 39.0 Å². The molecule has 0 aliphatic carbocycles. The molecule has 0 saturated carbocycles. The highest BCUT2D eigenvalue weighted by Crippen LogP contribution is 2.34. The molecule has 0 fully saturated rings. The van der Waals surface area contributed by atoms with Crippen LogP contribution in [0.1, 0.15) is 48.6 Å². The van der Waals surface area contributed by atoms with E-state index in [-0.39, 0.29) is 27.8 Å². The van der Waals surface area contributed by atoms with E-state index in [4.69, 9.17) is 25.5 Å². The standard InChI is InChI=1S/C22H21ClN2O7S/c1-5-30-21(28)15-11(3)18(19(27)24-4)33-20(15)25-14(26)9-31-22(29)16-10(2)12-7-6-8-13(23)17(12)32-16/h6-8H,5,9H2,1-4H3,(H,24,27)(H,25,26). The zero-order valence-corrected chi connectivity index (χ0v) is 19.9. The van der Waals surface area contributed by atoms with Gasteiger partial charge in [0.05, 0.1) is 22.1 Å². The van der Waals surface area contributed by atoms with E-state index in [0.717, 1.165) is 11.3 Å². The number of hydrogen-bond donors (Lipinski definition) is 2. The van der Waals surface area contributed by atoms with E-state index in [9.17, 15) is 19.2 Å². The zero-order chi connectivity index (χ0) is 24.3. The van der Waals surface area contributed by atoms with E-state index in [1.807, 2.05) is 0 Å². The van der Waals surface area contributed by atoms with Gasteiger partial charge in [0.2, 0.25) is 5.76 Å². The summed E-state index contributed by atoms with van der Waals surface area (Å²) in [6.07, 6.45) is 0. The second-order valence-electron chi connectivity index (χ2n) is 6.86. The number of carbonyl (C=O) groups is 4. The van der Waals surface area contributed by atoms with Crippen molar-refractivity contribution in [2.45, 2.75) is 20.8 Å². The van der Waals surface area contributed by atoms with Crippen LogP contribution >= 0.6 is 22.9 Å². The Labute approximate surface area is 198 Å². The third kappa shape index (κ3) is 4.86. The van der Waals surface area contributed by atoms with E-state index in [2.05, 4.69) is 10.6 Å². The minimum atomic E-state index is -0.839. The SMILES string of the molecule is CCOC(=O)c1c(NC(=O)COC(=O)c2oc3c(Cl)cccc3c2C)sc(C(=O)NC)c1C. The van der Waals surface area contributed by atoms with Crippen molar-refractivity contribution in [2.75, 3.05) is 25.6 Å². The average molecular weight is 493 g/mol. The van der Waals surface area contributed by atoms with Crippen LogP contribution in [0, 0.1) is 13.8 Å². The number of thiophene rings is 1. The largest absolute Gasteiger partial charge is 0.462 e. The van der Waals surface area contributed by atoms with Crippen LogP contribution in [-0.4, -0.2) is 44.0 Å². The first-order valence-corrected chi connectivity index (χ1v) is 11.1. The number of nitrogens with one attached hydrogen (secondary N) is 2. The second kappa shape index (κ2) is 10.1. The summed E-state index contributed by atoms with van der Waals surface area (Å²) in [4.78, 5) is 49.7. The van der Waals surface area contributed by atoms with Gasteiger partial charge >= 0.3 is 11.9 Å². The van der Waals surface area contributed by atoms with Gasteiger partial charge in [-0.1, -0.05) is 23.7 Å². The number of ether oxygens (including phenoxy) is 2. The molecule has 11 heteroatoms. The topological polar surface area (TPSA) is 124 Å². The molecule has 9 nitrogen and oxygen atoms in total. The lowest BCUT2D eigenvalue weighted by molar-refractivity contribution is -0.119. The maximum atomic E-state index is 12.5. The van der Waals surface area contributed by atoms with E-state index in [1.165, 1.54) is 7.05 Å². The summed E-state index contributed by atoms with van der Waals surface area (Å²) in [5.41, 5.74) is 1.33. The van der Waals surface area contributed by atoms with Gasteiger partial charge in [-0.3, -0.25) is 9.59 Å². The summed E-state index contributed by atoms with van der Waals surface area (Å²) in [6, 6.07) is 5.11. The summed E-state index contributed by atoms with van der Waals surface area (Å²) in [6.45, 7) is 4.38. The molecule has 2 amide bonds. The lowest BCUT2D eigenvalue weighted by atomic mass is 10.1. The van der Waals surface area contributed by atoms with Crippen molar-refractivity contribution in [3.63, 3.8) is 0 Å². The number of esters is 2. The Hall–Kier alpha value is -3.37. The third-order valence-corrected chi connectivity index (χ3v) is 6.25. The molecule has 33 heavy (non-hydrogen) atoms. The zero-order valence-electron chi connectivity index (χ0n) is 18.3. The predicted octanol–water partition coefficient (Wildman–Crippen LogP) is 4.10. The Bertz CT molecular complexity index is 1260. The summed E-state index contributed by atoms with van der Waals surface area (Å²) >= 11 is 7.02. The first kappa shape index (κ1) is 24.3. The molecular formula is C22H21ClN2O7S. The molecule has 2 aromatic heterocycles. The molecule has 0 unspecified atom stereocenters. The average Bonchev–Trinajstić information content (AvgIpc) is 3.29. The third-order valence-electron chi connectivity index (χ3n) is 4.75. The Balaban J connectivity index is 1.76. The monoisotopic (exact) mass is 492 g/mol. The van der Waals surface area contributed by atoms with Gasteiger partial charge in [-0.2, -0.15) is 0 Å². The number of benzene rings is 1. The van der Waals surface area contributed by atoms with Crippen LogP contribution in [0.15, 0.2) is 22.6 Å². The Morgan fingerprint density at radius 1 is 1.09 bits per heavy atom. The number of amides is 2. The molecule has 0 aliphatic heterocycles. The minimum Gasteiger partial charge on any atom is -0.462 e. The van der Waals surface area contributed by atoms with E-state index in [0.29, 0.717) is 27.1 Å². The van der Waals surface area contributed by atoms with Gasteiger partial charge in [0, 0.05) is 18.0 Å². The summed E-state index contributed by atoms with van der Waals surface area (Å²) < 4.78 is 15.7. The first-order valence-electron chi connectivity index (χ1n) is 9.86. The molecule has 0 saturated heterocycles. The van der Waals surface area contributed by atoms with Gasteiger partial charge in [0.1, 0.15) is 5.00 Å². The normalized spacial score (nSPS) is 10.7. The number of halogens is 1. The Kier molecular flexibility index (Phi) is 7.39. The van der Waals surface area contributed by atoms with Gasteiger partial charge in [0.25, 0.3) is 11.8 Å². The van der Waals surface area contributed by atoms with Crippen LogP contribution in [0.25, 0.3) is 11.0 Å². The van der Waals surface area contributed by atoms with Crippen LogP contribution in [0.2, 0.25) is 5.02 Å². The van der Waals surface area contributed by atoms with Crippen LogP contribution in [0.4, 0.5) is 5.00 Å². The number of rotatable bonds is 7. The molecule has 1 aromatic carbocycles. The van der Waals surface area contributed by atoms with Gasteiger partial charge in [-0.25, -0.2) is 9.59 Å². The molecule has 0 bridgehead atoms. The fourth-order valence-corrected chi connectivity index (χ4v) is 4.51. The fourth-order valence-electron chi connectivity index (χ4n) is 3.14. The lowest BCUT2D eigenvalue weighted by Gasteiger charge is -2.07. The molecule has 2 N–H and O–H groups in total. The number of aryl methyl sites for hydroxylation is 1. The smallest absolute Gasteiger partial charge is 0.375 e. The number of carbonyl (C=O) groups excluding carboxylic acids is 4. The fraction of sp³-hybridized carbons (Fsp3) is 0.273. The van der Waals surface area contributed by atoms with Crippen molar-refractivity contribution in [3.05, 3.63) is 50.5 Å². The predicted molar refractivity (Wildman–Crippen MR) is 123 cm³/mol. The minimum absolute atomic E-state index is 0.0630. The highest BCUT2D eigenvalue weighted by molar-refractivity contribution is 7.18. The highest BCUT2D eigenvalue weighted by Gasteiger charge is 2.27. The van der Waals surface area contributed by atoms with E-state index < -0.39 is 30.4 Å². The number of para-hydroxylation sites is 1. The van der Waals surface area contributed by atoms with Gasteiger partial charge in [-0.05, 0) is 32.4 Å². The van der Waals surface area contributed by atoms with Gasteiger partial charge in [-0.15, -0.1) is 11.3 Å². The number of fused-ring (bicyclic) bond motifs is 1. The van der Waals surface area contributed by atoms with Crippen LogP contribution < -0.4 is 10.6 Å². The summed E-state index contributed by atoms with van der Waals surface area (Å²) in [7, 11) is 1.45. The van der Waals surface area contributed by atoms with E-state index >= 15 is 0 Å². The van der Waals surface area contributed by atoms with Crippen LogP contribution in [-0.2, 0) is 14.3 Å². The Morgan fingerprint density at radius 2 is 1.82 bits per heavy atom. The summed E-state index contributed by atoms with van der Waals surface area (Å²) in [5.74, 6) is -2.69. The molecule has 174 valence electrons. The maximum Gasteiger partial charge on any atom is 0.375 e. The molecule has 0 radical (unpaired) electrons. The summed E-state index contributed by atoms with van der Waals surface area (Å²) in [5, 5.41) is 6.13. The van der Waals surface area contributed by atoms with Crippen LogP contribution in [0.3, 0.4) is 0 Å². The molecular weight excluding hydrogens is 472 g/mol. The molecule has 3 aromatic rings. The number of hydrogen-bond acceptors (Lipinski definition) is 8. The Morgan fingerprint density at radius 3 is 2.45 bits per heavy atom. The van der Waals surface area contributed by atoms with Crippen molar-refractivity contribution >= 4 is 62.7 Å². The van der Waals surface area contributed by atoms with Gasteiger partial charge in [0.15, 0.2) is 12.2 Å². The molecule has 0 aliphatic rings. The highest BCUT2D eigenvalue weighted by atomic mass is 35.5. The van der Waals surface area contributed by atoms with Crippen LogP contribution in [0.5, 0.6) is 0 Å². The second-order valence-corrected chi connectivity index (χ2v) is 8.28. The maximum absolute atomic E-state index is 12.5.